The minimum absolute atomic E-state index is 0.149. The zero-order valence-electron chi connectivity index (χ0n) is 18.7. The lowest BCUT2D eigenvalue weighted by molar-refractivity contribution is 0.105. The Bertz CT molecular complexity index is 1120. The lowest BCUT2D eigenvalue weighted by Gasteiger charge is -2.41. The topological polar surface area (TPSA) is 79.6 Å². The molecule has 2 aliphatic rings. The molecule has 9 heteroatoms. The second-order valence-corrected chi connectivity index (χ2v) is 9.26. The zero-order valence-corrected chi connectivity index (χ0v) is 19.4. The van der Waals surface area contributed by atoms with Crippen molar-refractivity contribution >= 4 is 23.0 Å². The Hall–Kier alpha value is -2.65. The Morgan fingerprint density at radius 3 is 2.70 bits per heavy atom. The normalized spacial score (nSPS) is 19.9. The van der Waals surface area contributed by atoms with Crippen molar-refractivity contribution in [2.75, 3.05) is 50.4 Å². The first kappa shape index (κ1) is 22.2. The van der Waals surface area contributed by atoms with Gasteiger partial charge in [0.1, 0.15) is 12.0 Å². The maximum absolute atomic E-state index is 15.0. The van der Waals surface area contributed by atoms with Gasteiger partial charge in [0, 0.05) is 55.0 Å². The fourth-order valence-electron chi connectivity index (χ4n) is 5.00. The highest BCUT2D eigenvalue weighted by Gasteiger charge is 2.32. The molecule has 0 amide bonds. The molecule has 33 heavy (non-hydrogen) atoms. The summed E-state index contributed by atoms with van der Waals surface area (Å²) in [5, 5.41) is 0.466. The summed E-state index contributed by atoms with van der Waals surface area (Å²) in [6.07, 6.45) is 3.86. The number of piperazine rings is 1. The number of nitrogens with two attached hydrogens (primary N) is 2. The van der Waals surface area contributed by atoms with E-state index in [0.717, 1.165) is 43.2 Å². The van der Waals surface area contributed by atoms with Gasteiger partial charge in [-0.2, -0.15) is 0 Å². The van der Waals surface area contributed by atoms with Gasteiger partial charge in [0.05, 0.1) is 29.6 Å². The van der Waals surface area contributed by atoms with Crippen LogP contribution in [0.4, 0.5) is 15.8 Å². The van der Waals surface area contributed by atoms with Crippen LogP contribution in [0.5, 0.6) is 0 Å². The molecule has 0 aliphatic carbocycles. The molecule has 0 radical (unpaired) electrons. The van der Waals surface area contributed by atoms with Gasteiger partial charge in [-0.1, -0.05) is 17.7 Å². The summed E-state index contributed by atoms with van der Waals surface area (Å²) in [4.78, 5) is 11.1. The summed E-state index contributed by atoms with van der Waals surface area (Å²) in [6.45, 7) is 4.22. The number of likely N-dealkylation sites (N-methyl/N-ethyl adjacent to an activating group) is 1. The third-order valence-electron chi connectivity index (χ3n) is 6.83. The largest absolute Gasteiger partial charge is 0.399 e. The second-order valence-electron chi connectivity index (χ2n) is 8.85. The number of imidazole rings is 1. The van der Waals surface area contributed by atoms with Crippen molar-refractivity contribution in [3.63, 3.8) is 0 Å². The van der Waals surface area contributed by atoms with E-state index in [9.17, 15) is 0 Å². The van der Waals surface area contributed by atoms with Crippen LogP contribution in [0, 0.1) is 5.82 Å². The van der Waals surface area contributed by atoms with Crippen LogP contribution in [-0.2, 0) is 0 Å². The van der Waals surface area contributed by atoms with Crippen LogP contribution in [0.15, 0.2) is 48.9 Å². The molecular formula is C24H29ClFN7. The lowest BCUT2D eigenvalue weighted by Crippen LogP contribution is -2.47. The van der Waals surface area contributed by atoms with Gasteiger partial charge in [-0.15, -0.1) is 0 Å². The number of halogens is 2. The molecule has 1 saturated heterocycles. The Morgan fingerprint density at radius 1 is 1.15 bits per heavy atom. The quantitative estimate of drug-likeness (QED) is 0.557. The van der Waals surface area contributed by atoms with Crippen molar-refractivity contribution < 1.29 is 4.39 Å². The van der Waals surface area contributed by atoms with Crippen molar-refractivity contribution in [3.8, 4) is 5.69 Å². The van der Waals surface area contributed by atoms with Crippen molar-refractivity contribution in [1.29, 1.82) is 0 Å². The van der Waals surface area contributed by atoms with Crippen molar-refractivity contribution in [3.05, 3.63) is 71.0 Å². The molecule has 3 heterocycles. The highest BCUT2D eigenvalue weighted by Crippen LogP contribution is 2.39. The van der Waals surface area contributed by atoms with Crippen molar-refractivity contribution in [2.24, 2.45) is 5.73 Å². The Labute approximate surface area is 198 Å². The molecule has 2 aromatic carbocycles. The van der Waals surface area contributed by atoms with Crippen molar-refractivity contribution in [1.82, 2.24) is 19.4 Å². The standard InChI is InChI=1S/C24H29ClFN7/c1-30-9-11-31(12-10-30)20(23-17(25)3-2-4-18(23)26)7-8-32-19-6-5-16(27)13-21(19)33-15-29-14-22(33)24(32)28/h2-6,13-15,20,24H,7-12,27-28H2,1H3. The zero-order chi connectivity index (χ0) is 23.1. The molecule has 2 aliphatic heterocycles. The van der Waals surface area contributed by atoms with E-state index >= 15 is 4.39 Å². The van der Waals surface area contributed by atoms with Gasteiger partial charge in [0.15, 0.2) is 0 Å². The Kier molecular flexibility index (Phi) is 6.01. The van der Waals surface area contributed by atoms with Gasteiger partial charge < -0.3 is 21.3 Å². The maximum atomic E-state index is 15.0. The van der Waals surface area contributed by atoms with Crippen molar-refractivity contribution in [2.45, 2.75) is 18.6 Å². The smallest absolute Gasteiger partial charge is 0.129 e. The second kappa shape index (κ2) is 8.95. The van der Waals surface area contributed by atoms with E-state index in [1.165, 1.54) is 6.07 Å². The number of nitrogen functional groups attached to an aromatic ring is 1. The highest BCUT2D eigenvalue weighted by atomic mass is 35.5. The number of fused-ring (bicyclic) bond motifs is 3. The fourth-order valence-corrected chi connectivity index (χ4v) is 5.29. The van der Waals surface area contributed by atoms with Crippen LogP contribution >= 0.6 is 11.6 Å². The molecule has 3 aromatic rings. The predicted octanol–water partition coefficient (Wildman–Crippen LogP) is 3.40. The Morgan fingerprint density at radius 2 is 1.94 bits per heavy atom. The molecule has 2 unspecified atom stereocenters. The number of rotatable bonds is 5. The molecule has 0 saturated carbocycles. The van der Waals surface area contributed by atoms with Gasteiger partial charge >= 0.3 is 0 Å². The number of hydrogen-bond acceptors (Lipinski definition) is 6. The number of nitrogens with zero attached hydrogens (tertiary/aromatic N) is 5. The molecule has 4 N–H and O–H groups in total. The number of hydrogen-bond donors (Lipinski definition) is 2. The van der Waals surface area contributed by atoms with Gasteiger partial charge in [-0.25, -0.2) is 9.37 Å². The summed E-state index contributed by atoms with van der Waals surface area (Å²) in [5.41, 5.74) is 16.8. The minimum Gasteiger partial charge on any atom is -0.399 e. The van der Waals surface area contributed by atoms with Gasteiger partial charge in [-0.05, 0) is 43.8 Å². The molecule has 1 fully saturated rings. The van der Waals surface area contributed by atoms with E-state index < -0.39 is 0 Å². The third kappa shape index (κ3) is 4.08. The van der Waals surface area contributed by atoms with Crippen LogP contribution in [0.2, 0.25) is 5.02 Å². The first-order chi connectivity index (χ1) is 15.9. The maximum Gasteiger partial charge on any atom is 0.129 e. The Balaban J connectivity index is 1.47. The SMILES string of the molecule is CN1CCN(C(CCN2c3ccc(N)cc3-n3cncc3C2N)c2c(F)cccc2Cl)CC1. The van der Waals surface area contributed by atoms with E-state index in [0.29, 0.717) is 29.2 Å². The van der Waals surface area contributed by atoms with Crippen LogP contribution in [0.1, 0.15) is 29.9 Å². The minimum atomic E-state index is -0.368. The molecule has 7 nitrogen and oxygen atoms in total. The molecular weight excluding hydrogens is 441 g/mol. The average molecular weight is 470 g/mol. The first-order valence-corrected chi connectivity index (χ1v) is 11.6. The summed E-state index contributed by atoms with van der Waals surface area (Å²) in [6, 6.07) is 10.6. The number of benzene rings is 2. The van der Waals surface area contributed by atoms with E-state index in [4.69, 9.17) is 23.1 Å². The summed E-state index contributed by atoms with van der Waals surface area (Å²) in [7, 11) is 2.11. The van der Waals surface area contributed by atoms with E-state index in [1.807, 2.05) is 22.8 Å². The summed E-state index contributed by atoms with van der Waals surface area (Å²) in [5.74, 6) is -0.263. The highest BCUT2D eigenvalue weighted by molar-refractivity contribution is 6.31. The fraction of sp³-hybridized carbons (Fsp3) is 0.375. The summed E-state index contributed by atoms with van der Waals surface area (Å²) < 4.78 is 17.0. The van der Waals surface area contributed by atoms with Crippen LogP contribution in [0.25, 0.3) is 5.69 Å². The number of aromatic nitrogens is 2. The van der Waals surface area contributed by atoms with Gasteiger partial charge in [-0.3, -0.25) is 9.47 Å². The first-order valence-electron chi connectivity index (χ1n) is 11.2. The predicted molar refractivity (Wildman–Crippen MR) is 130 cm³/mol. The molecule has 2 atom stereocenters. The number of anilines is 2. The van der Waals surface area contributed by atoms with E-state index in [2.05, 4.69) is 26.7 Å². The molecule has 0 spiro atoms. The van der Waals surface area contributed by atoms with Crippen LogP contribution < -0.4 is 16.4 Å². The molecule has 5 rings (SSSR count). The van der Waals surface area contributed by atoms with Crippen LogP contribution in [0.3, 0.4) is 0 Å². The van der Waals surface area contributed by atoms with E-state index in [-0.39, 0.29) is 18.0 Å². The average Bonchev–Trinajstić information content (AvgIpc) is 3.29. The van der Waals surface area contributed by atoms with Gasteiger partial charge in [0.2, 0.25) is 0 Å². The third-order valence-corrected chi connectivity index (χ3v) is 7.16. The molecule has 0 bridgehead atoms. The molecule has 1 aromatic heterocycles. The van der Waals surface area contributed by atoms with Crippen LogP contribution in [-0.4, -0.2) is 59.1 Å². The summed E-state index contributed by atoms with van der Waals surface area (Å²) >= 11 is 6.53. The monoisotopic (exact) mass is 469 g/mol. The molecule has 174 valence electrons. The van der Waals surface area contributed by atoms with E-state index in [1.54, 1.807) is 24.7 Å². The lowest BCUT2D eigenvalue weighted by atomic mass is 9.99. The van der Waals surface area contributed by atoms with Gasteiger partial charge in [0.25, 0.3) is 0 Å².